The molecule has 2 rings (SSSR count). The van der Waals surface area contributed by atoms with E-state index in [0.717, 1.165) is 18.9 Å². The Balaban J connectivity index is 0.00000364. The van der Waals surface area contributed by atoms with Crippen molar-refractivity contribution in [2.75, 3.05) is 33.3 Å². The van der Waals surface area contributed by atoms with Gasteiger partial charge >= 0.3 is 0 Å². The standard InChI is InChI=1S/C20H27FN4O.HI/c1-4-23-20(24-12-10-17-9-11-22-15-16(17)2)25(3)13-14-26-19-7-5-18(21)6-8-19;/h5-9,11,15H,4,10,12-14H2,1-3H3,(H,23,24);1H. The number of aliphatic imine (C=N–C) groups is 1. The molecule has 1 heterocycles. The summed E-state index contributed by atoms with van der Waals surface area (Å²) in [4.78, 5) is 10.8. The topological polar surface area (TPSA) is 49.8 Å². The quantitative estimate of drug-likeness (QED) is 0.352. The summed E-state index contributed by atoms with van der Waals surface area (Å²) in [6.45, 7) is 6.79. The molecule has 0 aliphatic heterocycles. The lowest BCUT2D eigenvalue weighted by Crippen LogP contribution is -2.41. The Bertz CT molecular complexity index is 709. The number of likely N-dealkylation sites (N-methyl/N-ethyl adjacent to an activating group) is 1. The summed E-state index contributed by atoms with van der Waals surface area (Å²) in [6, 6.07) is 8.09. The van der Waals surface area contributed by atoms with Crippen molar-refractivity contribution in [3.8, 4) is 5.75 Å². The van der Waals surface area contributed by atoms with E-state index in [1.807, 2.05) is 37.3 Å². The molecule has 1 N–H and O–H groups in total. The van der Waals surface area contributed by atoms with Crippen LogP contribution in [0.25, 0.3) is 0 Å². The van der Waals surface area contributed by atoms with Gasteiger partial charge in [0.1, 0.15) is 18.2 Å². The summed E-state index contributed by atoms with van der Waals surface area (Å²) in [6.07, 6.45) is 4.57. The van der Waals surface area contributed by atoms with E-state index in [0.29, 0.717) is 25.4 Å². The summed E-state index contributed by atoms with van der Waals surface area (Å²) >= 11 is 0. The SMILES string of the molecule is CCNC(=NCCc1ccncc1C)N(C)CCOc1ccc(F)cc1.I. The maximum Gasteiger partial charge on any atom is 0.193 e. The first kappa shape index (κ1) is 23.1. The largest absolute Gasteiger partial charge is 0.492 e. The minimum Gasteiger partial charge on any atom is -0.492 e. The summed E-state index contributed by atoms with van der Waals surface area (Å²) in [7, 11) is 1.98. The second-order valence-electron chi connectivity index (χ2n) is 6.01. The van der Waals surface area contributed by atoms with Crippen LogP contribution in [0.4, 0.5) is 4.39 Å². The molecule has 0 amide bonds. The predicted molar refractivity (Wildman–Crippen MR) is 119 cm³/mol. The first-order valence-electron chi connectivity index (χ1n) is 8.87. The summed E-state index contributed by atoms with van der Waals surface area (Å²) in [5.74, 6) is 1.25. The van der Waals surface area contributed by atoms with E-state index in [2.05, 4.69) is 17.2 Å². The van der Waals surface area contributed by atoms with Gasteiger partial charge in [-0.05, 0) is 61.7 Å². The predicted octanol–water partition coefficient (Wildman–Crippen LogP) is 3.67. The number of aryl methyl sites for hydroxylation is 1. The number of hydrogen-bond donors (Lipinski definition) is 1. The zero-order valence-electron chi connectivity index (χ0n) is 16.1. The molecule has 0 fully saturated rings. The lowest BCUT2D eigenvalue weighted by atomic mass is 10.1. The van der Waals surface area contributed by atoms with Crippen molar-refractivity contribution in [3.05, 3.63) is 59.7 Å². The molecule has 0 atom stereocenters. The third-order valence-electron chi connectivity index (χ3n) is 3.98. The highest BCUT2D eigenvalue weighted by atomic mass is 127. The zero-order valence-corrected chi connectivity index (χ0v) is 18.4. The van der Waals surface area contributed by atoms with Crippen molar-refractivity contribution < 1.29 is 9.13 Å². The average molecular weight is 486 g/mol. The number of nitrogens with zero attached hydrogens (tertiary/aromatic N) is 3. The van der Waals surface area contributed by atoms with E-state index in [4.69, 9.17) is 9.73 Å². The van der Waals surface area contributed by atoms with Gasteiger partial charge in [0.05, 0.1) is 6.54 Å². The van der Waals surface area contributed by atoms with E-state index < -0.39 is 0 Å². The fourth-order valence-corrected chi connectivity index (χ4v) is 2.47. The van der Waals surface area contributed by atoms with Gasteiger partial charge in [0.25, 0.3) is 0 Å². The molecule has 7 heteroatoms. The van der Waals surface area contributed by atoms with Gasteiger partial charge in [-0.1, -0.05) is 0 Å². The maximum atomic E-state index is 12.9. The monoisotopic (exact) mass is 486 g/mol. The maximum absolute atomic E-state index is 12.9. The van der Waals surface area contributed by atoms with Gasteiger partial charge in [0.15, 0.2) is 5.96 Å². The molecular weight excluding hydrogens is 458 g/mol. The number of nitrogens with one attached hydrogen (secondary N) is 1. The lowest BCUT2D eigenvalue weighted by Gasteiger charge is -2.22. The Kier molecular flexibility index (Phi) is 10.7. The molecule has 1 aromatic heterocycles. The van der Waals surface area contributed by atoms with E-state index in [-0.39, 0.29) is 29.8 Å². The molecule has 0 aliphatic carbocycles. The first-order valence-corrected chi connectivity index (χ1v) is 8.87. The Morgan fingerprint density at radius 3 is 2.67 bits per heavy atom. The van der Waals surface area contributed by atoms with Crippen LogP contribution in [0.1, 0.15) is 18.1 Å². The van der Waals surface area contributed by atoms with Gasteiger partial charge in [-0.15, -0.1) is 24.0 Å². The van der Waals surface area contributed by atoms with Crippen molar-refractivity contribution in [1.29, 1.82) is 0 Å². The molecule has 2 aromatic rings. The van der Waals surface area contributed by atoms with Gasteiger partial charge in [-0.25, -0.2) is 4.39 Å². The van der Waals surface area contributed by atoms with Crippen LogP contribution < -0.4 is 10.1 Å². The van der Waals surface area contributed by atoms with Gasteiger partial charge in [0, 0.05) is 32.5 Å². The lowest BCUT2D eigenvalue weighted by molar-refractivity contribution is 0.281. The molecule has 27 heavy (non-hydrogen) atoms. The number of guanidine groups is 1. The highest BCUT2D eigenvalue weighted by Gasteiger charge is 2.06. The Morgan fingerprint density at radius 2 is 2.00 bits per heavy atom. The summed E-state index contributed by atoms with van der Waals surface area (Å²) in [5, 5.41) is 3.30. The molecule has 148 valence electrons. The molecule has 0 spiro atoms. The highest BCUT2D eigenvalue weighted by Crippen LogP contribution is 2.11. The van der Waals surface area contributed by atoms with Crippen molar-refractivity contribution in [2.45, 2.75) is 20.3 Å². The van der Waals surface area contributed by atoms with Crippen molar-refractivity contribution in [3.63, 3.8) is 0 Å². The first-order chi connectivity index (χ1) is 12.6. The Hall–Kier alpha value is -1.90. The molecule has 0 saturated carbocycles. The zero-order chi connectivity index (χ0) is 18.8. The van der Waals surface area contributed by atoms with Crippen LogP contribution in [-0.2, 0) is 6.42 Å². The minimum absolute atomic E-state index is 0. The molecule has 0 aliphatic rings. The molecule has 1 aromatic carbocycles. The number of rotatable bonds is 8. The van der Waals surface area contributed by atoms with Crippen molar-refractivity contribution in [1.82, 2.24) is 15.2 Å². The second kappa shape index (κ2) is 12.5. The van der Waals surface area contributed by atoms with Gasteiger partial charge in [0.2, 0.25) is 0 Å². The van der Waals surface area contributed by atoms with Gasteiger partial charge in [-0.3, -0.25) is 9.98 Å². The van der Waals surface area contributed by atoms with Crippen LogP contribution in [0.3, 0.4) is 0 Å². The van der Waals surface area contributed by atoms with Crippen molar-refractivity contribution >= 4 is 29.9 Å². The second-order valence-corrected chi connectivity index (χ2v) is 6.01. The third-order valence-corrected chi connectivity index (χ3v) is 3.98. The number of halogens is 2. The molecule has 0 bridgehead atoms. The van der Waals surface area contributed by atoms with E-state index >= 15 is 0 Å². The fraction of sp³-hybridized carbons (Fsp3) is 0.400. The molecule has 0 saturated heterocycles. The van der Waals surface area contributed by atoms with Gasteiger partial charge < -0.3 is 15.0 Å². The number of ether oxygens (including phenoxy) is 1. The molecule has 0 unspecified atom stereocenters. The van der Waals surface area contributed by atoms with E-state index in [1.54, 1.807) is 12.1 Å². The van der Waals surface area contributed by atoms with Gasteiger partial charge in [-0.2, -0.15) is 0 Å². The minimum atomic E-state index is -0.263. The van der Waals surface area contributed by atoms with Crippen LogP contribution in [0.5, 0.6) is 5.75 Å². The van der Waals surface area contributed by atoms with Crippen molar-refractivity contribution in [2.24, 2.45) is 4.99 Å². The molecule has 0 radical (unpaired) electrons. The number of pyridine rings is 1. The van der Waals surface area contributed by atoms with Crippen LogP contribution >= 0.6 is 24.0 Å². The normalized spacial score (nSPS) is 10.9. The summed E-state index contributed by atoms with van der Waals surface area (Å²) in [5.41, 5.74) is 2.45. The Labute approximate surface area is 178 Å². The van der Waals surface area contributed by atoms with E-state index in [9.17, 15) is 4.39 Å². The smallest absolute Gasteiger partial charge is 0.193 e. The average Bonchev–Trinajstić information content (AvgIpc) is 2.64. The fourth-order valence-electron chi connectivity index (χ4n) is 2.47. The molecule has 5 nitrogen and oxygen atoms in total. The molecular formula is C20H28FIN4O. The van der Waals surface area contributed by atoms with Crippen LogP contribution in [0.2, 0.25) is 0 Å². The van der Waals surface area contributed by atoms with E-state index in [1.165, 1.54) is 23.3 Å². The number of benzene rings is 1. The third kappa shape index (κ3) is 8.11. The van der Waals surface area contributed by atoms with Crippen LogP contribution in [0.15, 0.2) is 47.7 Å². The number of aromatic nitrogens is 1. The van der Waals surface area contributed by atoms with Crippen LogP contribution in [0, 0.1) is 12.7 Å². The van der Waals surface area contributed by atoms with Crippen LogP contribution in [-0.4, -0.2) is 49.1 Å². The summed E-state index contributed by atoms with van der Waals surface area (Å²) < 4.78 is 18.6. The number of hydrogen-bond acceptors (Lipinski definition) is 3. The highest BCUT2D eigenvalue weighted by molar-refractivity contribution is 14.0. The Morgan fingerprint density at radius 1 is 1.26 bits per heavy atom.